The highest BCUT2D eigenvalue weighted by Crippen LogP contribution is 2.08. The molecule has 0 N–H and O–H groups in total. The normalized spacial score (nSPS) is 10.4. The Morgan fingerprint density at radius 3 is 2.88 bits per heavy atom. The Hall–Kier alpha value is -1.90. The van der Waals surface area contributed by atoms with E-state index >= 15 is 0 Å². The number of carbonyl (C=O) groups is 1. The predicted octanol–water partition coefficient (Wildman–Crippen LogP) is 2.15. The molecule has 2 rings (SSSR count). The lowest BCUT2D eigenvalue weighted by Gasteiger charge is -2.00. The zero-order valence-electron chi connectivity index (χ0n) is 9.47. The lowest BCUT2D eigenvalue weighted by atomic mass is 10.0. The van der Waals surface area contributed by atoms with Gasteiger partial charge in [-0.3, -0.25) is 9.48 Å². The summed E-state index contributed by atoms with van der Waals surface area (Å²) in [7, 11) is 1.81. The summed E-state index contributed by atoms with van der Waals surface area (Å²) in [6.07, 6.45) is 3.80. The molecule has 3 nitrogen and oxygen atoms in total. The molecule has 0 aliphatic carbocycles. The van der Waals surface area contributed by atoms with Crippen molar-refractivity contribution < 1.29 is 4.79 Å². The van der Waals surface area contributed by atoms with Crippen LogP contribution in [-0.4, -0.2) is 15.6 Å². The monoisotopic (exact) mass is 214 g/mol. The Morgan fingerprint density at radius 1 is 1.44 bits per heavy atom. The van der Waals surface area contributed by atoms with Crippen LogP contribution in [0, 0.1) is 6.92 Å². The molecule has 1 aromatic carbocycles. The van der Waals surface area contributed by atoms with E-state index < -0.39 is 0 Å². The van der Waals surface area contributed by atoms with E-state index in [0.29, 0.717) is 12.0 Å². The second-order valence-electron chi connectivity index (χ2n) is 3.99. The Bertz CT molecular complexity index is 514. The van der Waals surface area contributed by atoms with E-state index in [0.717, 1.165) is 5.56 Å². The van der Waals surface area contributed by atoms with Gasteiger partial charge in [0.05, 0.1) is 11.8 Å². The topological polar surface area (TPSA) is 34.9 Å². The predicted molar refractivity (Wildman–Crippen MR) is 62.4 cm³/mol. The van der Waals surface area contributed by atoms with E-state index in [1.165, 1.54) is 5.56 Å². The number of benzene rings is 1. The highest BCUT2D eigenvalue weighted by molar-refractivity contribution is 5.97. The fourth-order valence-electron chi connectivity index (χ4n) is 1.67. The van der Waals surface area contributed by atoms with Gasteiger partial charge in [0.2, 0.25) is 0 Å². The van der Waals surface area contributed by atoms with Crippen LogP contribution in [0.4, 0.5) is 0 Å². The number of aromatic nitrogens is 2. The van der Waals surface area contributed by atoms with Gasteiger partial charge in [0.15, 0.2) is 5.78 Å². The van der Waals surface area contributed by atoms with E-state index in [-0.39, 0.29) is 5.78 Å². The maximum Gasteiger partial charge on any atom is 0.170 e. The quantitative estimate of drug-likeness (QED) is 0.734. The molecule has 82 valence electrons. The van der Waals surface area contributed by atoms with Crippen molar-refractivity contribution in [1.29, 1.82) is 0 Å². The third-order valence-corrected chi connectivity index (χ3v) is 2.47. The molecular weight excluding hydrogens is 200 g/mol. The molecular formula is C13H14N2O. The van der Waals surface area contributed by atoms with Crippen LogP contribution in [0.15, 0.2) is 36.7 Å². The largest absolute Gasteiger partial charge is 0.294 e. The summed E-state index contributed by atoms with van der Waals surface area (Å²) in [5.74, 6) is 0.110. The van der Waals surface area contributed by atoms with Gasteiger partial charge in [-0.25, -0.2) is 0 Å². The van der Waals surface area contributed by atoms with Gasteiger partial charge in [-0.05, 0) is 12.5 Å². The van der Waals surface area contributed by atoms with E-state index in [9.17, 15) is 4.79 Å². The lowest BCUT2D eigenvalue weighted by molar-refractivity contribution is 0.0993. The van der Waals surface area contributed by atoms with Crippen LogP contribution >= 0.6 is 0 Å². The van der Waals surface area contributed by atoms with E-state index in [1.54, 1.807) is 17.1 Å². The molecule has 2 aromatic rings. The molecule has 1 aromatic heterocycles. The van der Waals surface area contributed by atoms with Gasteiger partial charge in [-0.15, -0.1) is 0 Å². The summed E-state index contributed by atoms with van der Waals surface area (Å²) < 4.78 is 1.64. The van der Waals surface area contributed by atoms with Gasteiger partial charge in [-0.1, -0.05) is 29.8 Å². The third kappa shape index (κ3) is 2.37. The first-order chi connectivity index (χ1) is 7.65. The molecule has 0 radical (unpaired) electrons. The Balaban J connectivity index is 2.13. The average molecular weight is 214 g/mol. The molecule has 0 unspecified atom stereocenters. The lowest BCUT2D eigenvalue weighted by Crippen LogP contribution is -2.02. The highest BCUT2D eigenvalue weighted by Gasteiger charge is 2.08. The summed E-state index contributed by atoms with van der Waals surface area (Å²) >= 11 is 0. The van der Waals surface area contributed by atoms with Gasteiger partial charge in [-0.2, -0.15) is 5.10 Å². The van der Waals surface area contributed by atoms with Gasteiger partial charge < -0.3 is 0 Å². The number of Topliss-reactive ketones (excluding diaryl/α,β-unsaturated/α-hetero) is 1. The fourth-order valence-corrected chi connectivity index (χ4v) is 1.67. The van der Waals surface area contributed by atoms with Crippen LogP contribution in [0.2, 0.25) is 0 Å². The number of aryl methyl sites for hydroxylation is 2. The van der Waals surface area contributed by atoms with Gasteiger partial charge >= 0.3 is 0 Å². The molecule has 0 aliphatic heterocycles. The number of hydrogen-bond donors (Lipinski definition) is 0. The smallest absolute Gasteiger partial charge is 0.170 e. The van der Waals surface area contributed by atoms with Crippen LogP contribution in [0.3, 0.4) is 0 Å². The molecule has 3 heteroatoms. The first kappa shape index (κ1) is 10.6. The Labute approximate surface area is 94.7 Å². The molecule has 0 amide bonds. The number of hydrogen-bond acceptors (Lipinski definition) is 2. The molecule has 16 heavy (non-hydrogen) atoms. The summed E-state index contributed by atoms with van der Waals surface area (Å²) in [5.41, 5.74) is 2.90. The molecule has 0 saturated carbocycles. The summed E-state index contributed by atoms with van der Waals surface area (Å²) in [6.45, 7) is 2.03. The minimum Gasteiger partial charge on any atom is -0.294 e. The zero-order chi connectivity index (χ0) is 11.5. The summed E-state index contributed by atoms with van der Waals surface area (Å²) in [6, 6.07) is 8.01. The number of nitrogens with zero attached hydrogens (tertiary/aromatic N) is 2. The van der Waals surface area contributed by atoms with Crippen molar-refractivity contribution in [3.63, 3.8) is 0 Å². The van der Waals surface area contributed by atoms with Gasteiger partial charge in [0.25, 0.3) is 0 Å². The number of rotatable bonds is 3. The first-order valence-electron chi connectivity index (χ1n) is 5.22. The fraction of sp³-hybridized carbons (Fsp3) is 0.231. The van der Waals surface area contributed by atoms with Crippen LogP contribution in [0.1, 0.15) is 21.5 Å². The molecule has 0 fully saturated rings. The van der Waals surface area contributed by atoms with Crippen molar-refractivity contribution in [2.45, 2.75) is 13.3 Å². The van der Waals surface area contributed by atoms with E-state index in [4.69, 9.17) is 0 Å². The summed E-state index contributed by atoms with van der Waals surface area (Å²) in [5, 5.41) is 3.99. The number of ketones is 1. The molecule has 1 heterocycles. The minimum absolute atomic E-state index is 0.110. The van der Waals surface area contributed by atoms with Crippen molar-refractivity contribution in [3.8, 4) is 0 Å². The standard InChI is InChI=1S/C13H14N2O/c1-10-4-3-5-11(6-10)7-13(16)12-8-14-15(2)9-12/h3-6,8-9H,7H2,1-2H3. The third-order valence-electron chi connectivity index (χ3n) is 2.47. The van der Waals surface area contributed by atoms with Crippen LogP contribution < -0.4 is 0 Å². The second-order valence-corrected chi connectivity index (χ2v) is 3.99. The highest BCUT2D eigenvalue weighted by atomic mass is 16.1. The Morgan fingerprint density at radius 2 is 2.25 bits per heavy atom. The number of carbonyl (C=O) groups excluding carboxylic acids is 1. The Kier molecular flexibility index (Phi) is 2.86. The van der Waals surface area contributed by atoms with Crippen molar-refractivity contribution in [1.82, 2.24) is 9.78 Å². The SMILES string of the molecule is Cc1cccc(CC(=O)c2cnn(C)c2)c1. The molecule has 0 atom stereocenters. The second kappa shape index (κ2) is 4.31. The van der Waals surface area contributed by atoms with Gasteiger partial charge in [0, 0.05) is 19.7 Å². The molecule has 0 aliphatic rings. The minimum atomic E-state index is 0.110. The molecule has 0 bridgehead atoms. The maximum absolute atomic E-state index is 11.9. The van der Waals surface area contributed by atoms with Crippen molar-refractivity contribution >= 4 is 5.78 Å². The van der Waals surface area contributed by atoms with Crippen LogP contribution in [-0.2, 0) is 13.5 Å². The van der Waals surface area contributed by atoms with Crippen molar-refractivity contribution in [2.24, 2.45) is 7.05 Å². The maximum atomic E-state index is 11.9. The van der Waals surface area contributed by atoms with Crippen molar-refractivity contribution in [2.75, 3.05) is 0 Å². The molecule has 0 spiro atoms. The average Bonchev–Trinajstić information content (AvgIpc) is 2.65. The first-order valence-corrected chi connectivity index (χ1v) is 5.22. The molecule has 0 saturated heterocycles. The van der Waals surface area contributed by atoms with Crippen LogP contribution in [0.5, 0.6) is 0 Å². The van der Waals surface area contributed by atoms with Crippen LogP contribution in [0.25, 0.3) is 0 Å². The van der Waals surface area contributed by atoms with Crippen molar-refractivity contribution in [3.05, 3.63) is 53.3 Å². The van der Waals surface area contributed by atoms with E-state index in [2.05, 4.69) is 5.10 Å². The zero-order valence-corrected chi connectivity index (χ0v) is 9.47. The summed E-state index contributed by atoms with van der Waals surface area (Å²) in [4.78, 5) is 11.9. The van der Waals surface area contributed by atoms with E-state index in [1.807, 2.05) is 38.2 Å². The van der Waals surface area contributed by atoms with Gasteiger partial charge in [0.1, 0.15) is 0 Å².